The summed E-state index contributed by atoms with van der Waals surface area (Å²) >= 11 is 3.55. The molecule has 1 aromatic carbocycles. The number of halogens is 1. The molecule has 1 saturated heterocycles. The second-order valence-electron chi connectivity index (χ2n) is 9.01. The van der Waals surface area contributed by atoms with Gasteiger partial charge in [-0.1, -0.05) is 27.1 Å². The van der Waals surface area contributed by atoms with Crippen LogP contribution in [-0.4, -0.2) is 54.2 Å². The van der Waals surface area contributed by atoms with Crippen molar-refractivity contribution in [2.45, 2.75) is 50.6 Å². The zero-order chi connectivity index (χ0) is 23.1. The van der Waals surface area contributed by atoms with Crippen LogP contribution >= 0.6 is 15.9 Å². The average molecular weight is 522 g/mol. The van der Waals surface area contributed by atoms with Crippen molar-refractivity contribution in [1.29, 1.82) is 0 Å². The van der Waals surface area contributed by atoms with Gasteiger partial charge in [0.15, 0.2) is 0 Å². The number of aromatic nitrogens is 7. The Bertz CT molecular complexity index is 1270. The lowest BCUT2D eigenvalue weighted by Crippen LogP contribution is -2.40. The van der Waals surface area contributed by atoms with Crippen molar-refractivity contribution in [2.75, 3.05) is 16.8 Å². The third-order valence-corrected chi connectivity index (χ3v) is 7.21. The Morgan fingerprint density at radius 3 is 2.76 bits per heavy atom. The average Bonchev–Trinajstić information content (AvgIpc) is 3.60. The largest absolute Gasteiger partial charge is 0.403 e. The fraction of sp³-hybridized carbons (Fsp3) is 0.391. The Labute approximate surface area is 204 Å². The van der Waals surface area contributed by atoms with Crippen LogP contribution in [0.4, 0.5) is 12.0 Å². The third-order valence-electron chi connectivity index (χ3n) is 6.72. The minimum absolute atomic E-state index is 0.253. The van der Waals surface area contributed by atoms with Crippen molar-refractivity contribution < 1.29 is 4.42 Å². The first kappa shape index (κ1) is 21.2. The quantitative estimate of drug-likeness (QED) is 0.404. The fourth-order valence-corrected chi connectivity index (χ4v) is 5.37. The minimum Gasteiger partial charge on any atom is -0.403 e. The van der Waals surface area contributed by atoms with Crippen molar-refractivity contribution in [3.05, 3.63) is 58.1 Å². The molecule has 4 aromatic rings. The second kappa shape index (κ2) is 8.79. The van der Waals surface area contributed by atoms with Crippen molar-refractivity contribution in [3.8, 4) is 11.5 Å². The van der Waals surface area contributed by atoms with Gasteiger partial charge in [0.25, 0.3) is 5.89 Å². The SMILES string of the molecule is CC1CC(c2cn[nH]n2)CCN1c1nnc(-c2cnc(NC3Cc4ccc(Br)cc4C3)nc2)o1. The first-order valence-electron chi connectivity index (χ1n) is 11.4. The van der Waals surface area contributed by atoms with Gasteiger partial charge in [0.1, 0.15) is 0 Å². The lowest BCUT2D eigenvalue weighted by molar-refractivity contribution is 0.396. The van der Waals surface area contributed by atoms with E-state index in [1.165, 1.54) is 11.1 Å². The number of benzene rings is 1. The van der Waals surface area contributed by atoms with Crippen molar-refractivity contribution in [1.82, 2.24) is 35.6 Å². The number of anilines is 2. The smallest absolute Gasteiger partial charge is 0.318 e. The molecular weight excluding hydrogens is 498 g/mol. The van der Waals surface area contributed by atoms with Gasteiger partial charge in [0, 0.05) is 41.4 Å². The van der Waals surface area contributed by atoms with E-state index in [4.69, 9.17) is 4.42 Å². The maximum atomic E-state index is 6.00. The first-order valence-corrected chi connectivity index (χ1v) is 12.2. The number of aromatic amines is 1. The number of rotatable bonds is 5. The summed E-state index contributed by atoms with van der Waals surface area (Å²) in [5.41, 5.74) is 4.45. The van der Waals surface area contributed by atoms with Gasteiger partial charge in [-0.3, -0.25) is 0 Å². The first-order chi connectivity index (χ1) is 16.6. The van der Waals surface area contributed by atoms with Crippen LogP contribution < -0.4 is 10.2 Å². The molecule has 0 spiro atoms. The topological polar surface area (TPSA) is 122 Å². The molecule has 34 heavy (non-hydrogen) atoms. The summed E-state index contributed by atoms with van der Waals surface area (Å²) in [5.74, 6) is 1.41. The molecule has 1 aliphatic heterocycles. The lowest BCUT2D eigenvalue weighted by atomic mass is 9.90. The molecule has 0 amide bonds. The lowest BCUT2D eigenvalue weighted by Gasteiger charge is -2.35. The van der Waals surface area contributed by atoms with E-state index in [1.807, 2.05) is 0 Å². The molecule has 10 nitrogen and oxygen atoms in total. The number of nitrogens with zero attached hydrogens (tertiary/aromatic N) is 7. The van der Waals surface area contributed by atoms with Crippen LogP contribution in [0.15, 0.2) is 45.7 Å². The molecule has 3 aromatic heterocycles. The molecule has 0 saturated carbocycles. The van der Waals surface area contributed by atoms with Gasteiger partial charge in [0.2, 0.25) is 5.95 Å². The van der Waals surface area contributed by atoms with Crippen LogP contribution in [0, 0.1) is 0 Å². The van der Waals surface area contributed by atoms with E-state index in [1.54, 1.807) is 18.6 Å². The molecule has 2 aliphatic rings. The third kappa shape index (κ3) is 4.15. The van der Waals surface area contributed by atoms with Crippen molar-refractivity contribution in [3.63, 3.8) is 0 Å². The Balaban J connectivity index is 1.09. The number of piperidine rings is 1. The van der Waals surface area contributed by atoms with E-state index in [2.05, 4.69) is 86.8 Å². The molecule has 11 heteroatoms. The fourth-order valence-electron chi connectivity index (χ4n) is 4.96. The molecule has 1 fully saturated rings. The van der Waals surface area contributed by atoms with E-state index in [0.29, 0.717) is 29.3 Å². The van der Waals surface area contributed by atoms with Crippen LogP contribution in [0.1, 0.15) is 42.5 Å². The number of nitrogens with one attached hydrogen (secondary N) is 2. The molecule has 0 radical (unpaired) electrons. The van der Waals surface area contributed by atoms with Gasteiger partial charge in [-0.15, -0.1) is 5.10 Å². The second-order valence-corrected chi connectivity index (χ2v) is 9.92. The van der Waals surface area contributed by atoms with Gasteiger partial charge in [-0.25, -0.2) is 9.97 Å². The molecule has 2 N–H and O–H groups in total. The van der Waals surface area contributed by atoms with Crippen LogP contribution in [0.25, 0.3) is 11.5 Å². The zero-order valence-electron chi connectivity index (χ0n) is 18.6. The molecule has 174 valence electrons. The summed E-state index contributed by atoms with van der Waals surface area (Å²) in [6, 6.07) is 7.51. The Morgan fingerprint density at radius 2 is 1.97 bits per heavy atom. The summed E-state index contributed by atoms with van der Waals surface area (Å²) in [7, 11) is 0. The molecular formula is C23H24BrN9O. The number of hydrogen-bond acceptors (Lipinski definition) is 9. The monoisotopic (exact) mass is 521 g/mol. The minimum atomic E-state index is 0.253. The van der Waals surface area contributed by atoms with Crippen LogP contribution in [0.5, 0.6) is 0 Å². The van der Waals surface area contributed by atoms with Gasteiger partial charge < -0.3 is 14.6 Å². The van der Waals surface area contributed by atoms with Gasteiger partial charge in [-0.05, 0) is 55.9 Å². The van der Waals surface area contributed by atoms with E-state index in [9.17, 15) is 0 Å². The van der Waals surface area contributed by atoms with E-state index < -0.39 is 0 Å². The summed E-state index contributed by atoms with van der Waals surface area (Å²) < 4.78 is 7.11. The molecule has 0 bridgehead atoms. The normalized spacial score (nSPS) is 22.1. The standard InChI is InChI=1S/C23H24BrN9O/c1-13-6-15(20-12-27-32-29-20)4-5-33(13)23-31-30-21(34-23)17-10-25-22(26-11-17)28-19-8-14-2-3-18(24)7-16(14)9-19/h2-3,7,10-13,15,19H,4-6,8-9H2,1H3,(H,25,26,28)(H,27,29,32). The Hall–Kier alpha value is -3.34. The number of hydrogen-bond donors (Lipinski definition) is 2. The van der Waals surface area contributed by atoms with Gasteiger partial charge in [0.05, 0.1) is 17.5 Å². The highest BCUT2D eigenvalue weighted by molar-refractivity contribution is 9.10. The summed E-state index contributed by atoms with van der Waals surface area (Å²) in [4.78, 5) is 11.1. The Morgan fingerprint density at radius 1 is 1.12 bits per heavy atom. The highest BCUT2D eigenvalue weighted by Gasteiger charge is 2.31. The van der Waals surface area contributed by atoms with Crippen LogP contribution in [-0.2, 0) is 12.8 Å². The molecule has 1 aliphatic carbocycles. The molecule has 6 rings (SSSR count). The van der Waals surface area contributed by atoms with E-state index in [-0.39, 0.29) is 12.1 Å². The summed E-state index contributed by atoms with van der Waals surface area (Å²) in [5, 5.41) is 22.9. The predicted octanol–water partition coefficient (Wildman–Crippen LogP) is 3.76. The van der Waals surface area contributed by atoms with Crippen molar-refractivity contribution in [2.24, 2.45) is 0 Å². The number of fused-ring (bicyclic) bond motifs is 1. The van der Waals surface area contributed by atoms with Crippen molar-refractivity contribution >= 4 is 27.9 Å². The predicted molar refractivity (Wildman–Crippen MR) is 129 cm³/mol. The summed E-state index contributed by atoms with van der Waals surface area (Å²) in [6.07, 6.45) is 9.10. The highest BCUT2D eigenvalue weighted by atomic mass is 79.9. The molecule has 3 atom stereocenters. The number of H-pyrrole nitrogens is 1. The Kier molecular flexibility index (Phi) is 5.48. The van der Waals surface area contributed by atoms with Crippen LogP contribution in [0.3, 0.4) is 0 Å². The summed E-state index contributed by atoms with van der Waals surface area (Å²) in [6.45, 7) is 2.99. The molecule has 4 heterocycles. The van der Waals surface area contributed by atoms with Gasteiger partial charge in [-0.2, -0.15) is 15.4 Å². The van der Waals surface area contributed by atoms with Crippen LogP contribution in [0.2, 0.25) is 0 Å². The maximum Gasteiger partial charge on any atom is 0.318 e. The van der Waals surface area contributed by atoms with E-state index in [0.717, 1.165) is 42.4 Å². The maximum absolute atomic E-state index is 6.00. The van der Waals surface area contributed by atoms with E-state index >= 15 is 0 Å². The zero-order valence-corrected chi connectivity index (χ0v) is 20.2. The van der Waals surface area contributed by atoms with Gasteiger partial charge >= 0.3 is 6.01 Å². The molecule has 3 unspecified atom stereocenters. The highest BCUT2D eigenvalue weighted by Crippen LogP contribution is 2.33.